The van der Waals surface area contributed by atoms with E-state index >= 15 is 0 Å². The molecule has 25 heavy (non-hydrogen) atoms. The van der Waals surface area contributed by atoms with Gasteiger partial charge in [0.25, 0.3) is 11.8 Å². The average Bonchev–Trinajstić information content (AvgIpc) is 2.65. The van der Waals surface area contributed by atoms with Crippen LogP contribution in [0.3, 0.4) is 0 Å². The largest absolute Gasteiger partial charge is 0.339 e. The number of nitrogens with zero attached hydrogens (tertiary/aromatic N) is 1. The molecular weight excluding hydrogens is 312 g/mol. The van der Waals surface area contributed by atoms with Crippen LogP contribution in [-0.2, 0) is 0 Å². The van der Waals surface area contributed by atoms with Crippen LogP contribution >= 0.6 is 0 Å². The van der Waals surface area contributed by atoms with Crippen LogP contribution in [0.1, 0.15) is 51.1 Å². The number of hydrogen-bond acceptors (Lipinski definition) is 2. The highest BCUT2D eigenvalue weighted by Crippen LogP contribution is 2.18. The maximum atomic E-state index is 12.5. The second-order valence-electron chi connectivity index (χ2n) is 6.70. The predicted octanol–water partition coefficient (Wildman–Crippen LogP) is 4.18. The fourth-order valence-corrected chi connectivity index (χ4v) is 3.11. The van der Waals surface area contributed by atoms with Gasteiger partial charge in [0.1, 0.15) is 0 Å². The summed E-state index contributed by atoms with van der Waals surface area (Å²) in [6.07, 6.45) is 3.34. The van der Waals surface area contributed by atoms with E-state index in [1.54, 1.807) is 24.3 Å². The van der Waals surface area contributed by atoms with Crippen LogP contribution in [-0.4, -0.2) is 29.8 Å². The van der Waals surface area contributed by atoms with Crippen molar-refractivity contribution in [3.8, 4) is 0 Å². The van der Waals surface area contributed by atoms with Crippen molar-refractivity contribution in [3.05, 3.63) is 64.7 Å². The number of hydrogen-bond donors (Lipinski definition) is 1. The van der Waals surface area contributed by atoms with Crippen LogP contribution in [0, 0.1) is 13.8 Å². The smallest absolute Gasteiger partial charge is 0.255 e. The minimum atomic E-state index is -0.161. The molecule has 0 unspecified atom stereocenters. The lowest BCUT2D eigenvalue weighted by molar-refractivity contribution is 0.0724. The van der Waals surface area contributed by atoms with Gasteiger partial charge in [0.2, 0.25) is 0 Å². The van der Waals surface area contributed by atoms with Gasteiger partial charge in [-0.15, -0.1) is 0 Å². The van der Waals surface area contributed by atoms with E-state index in [4.69, 9.17) is 0 Å². The molecule has 1 fully saturated rings. The molecule has 1 heterocycles. The van der Waals surface area contributed by atoms with Crippen molar-refractivity contribution in [2.24, 2.45) is 0 Å². The number of nitrogens with one attached hydrogen (secondary N) is 1. The fourth-order valence-electron chi connectivity index (χ4n) is 3.11. The van der Waals surface area contributed by atoms with Gasteiger partial charge in [-0.3, -0.25) is 9.59 Å². The number of benzene rings is 2. The lowest BCUT2D eigenvalue weighted by Crippen LogP contribution is -2.35. The van der Waals surface area contributed by atoms with E-state index in [1.807, 2.05) is 36.9 Å². The first kappa shape index (κ1) is 17.2. The number of rotatable bonds is 3. The summed E-state index contributed by atoms with van der Waals surface area (Å²) in [5.74, 6) is -0.105. The molecule has 0 spiro atoms. The quantitative estimate of drug-likeness (QED) is 0.914. The Morgan fingerprint density at radius 3 is 2.20 bits per heavy atom. The molecule has 1 aliphatic heterocycles. The van der Waals surface area contributed by atoms with Crippen molar-refractivity contribution in [3.63, 3.8) is 0 Å². The van der Waals surface area contributed by atoms with Gasteiger partial charge in [-0.05, 0) is 74.6 Å². The van der Waals surface area contributed by atoms with Gasteiger partial charge in [0.05, 0.1) is 0 Å². The van der Waals surface area contributed by atoms with Gasteiger partial charge < -0.3 is 10.2 Å². The summed E-state index contributed by atoms with van der Waals surface area (Å²) in [6, 6.07) is 12.9. The number of likely N-dealkylation sites (tertiary alicyclic amines) is 1. The Labute approximate surface area is 148 Å². The van der Waals surface area contributed by atoms with Crippen molar-refractivity contribution < 1.29 is 9.59 Å². The SMILES string of the molecule is Cc1ccc(C)c(NC(=O)c2ccc(C(=O)N3CCCCC3)cc2)c1. The van der Waals surface area contributed by atoms with E-state index < -0.39 is 0 Å². The number of amides is 2. The minimum absolute atomic E-state index is 0.0567. The molecule has 4 heteroatoms. The average molecular weight is 336 g/mol. The number of carbonyl (C=O) groups is 2. The Hall–Kier alpha value is -2.62. The van der Waals surface area contributed by atoms with Gasteiger partial charge in [0, 0.05) is 29.9 Å². The summed E-state index contributed by atoms with van der Waals surface area (Å²) >= 11 is 0. The number of aryl methyl sites for hydroxylation is 2. The molecule has 4 nitrogen and oxygen atoms in total. The van der Waals surface area contributed by atoms with Crippen LogP contribution in [0.15, 0.2) is 42.5 Å². The third-order valence-corrected chi connectivity index (χ3v) is 4.68. The van der Waals surface area contributed by atoms with Crippen molar-refractivity contribution in [2.75, 3.05) is 18.4 Å². The van der Waals surface area contributed by atoms with Crippen LogP contribution in [0.4, 0.5) is 5.69 Å². The zero-order valence-electron chi connectivity index (χ0n) is 14.8. The monoisotopic (exact) mass is 336 g/mol. The minimum Gasteiger partial charge on any atom is -0.339 e. The molecule has 0 aliphatic carbocycles. The summed E-state index contributed by atoms with van der Waals surface area (Å²) in [6.45, 7) is 5.62. The summed E-state index contributed by atoms with van der Waals surface area (Å²) < 4.78 is 0. The second kappa shape index (κ2) is 7.51. The molecule has 1 N–H and O–H groups in total. The molecule has 0 saturated carbocycles. The van der Waals surface area contributed by atoms with Crippen LogP contribution in [0.5, 0.6) is 0 Å². The van der Waals surface area contributed by atoms with Crippen LogP contribution < -0.4 is 5.32 Å². The maximum absolute atomic E-state index is 12.5. The van der Waals surface area contributed by atoms with E-state index in [0.717, 1.165) is 42.7 Å². The van der Waals surface area contributed by atoms with Crippen molar-refractivity contribution in [1.82, 2.24) is 4.90 Å². The van der Waals surface area contributed by atoms with E-state index in [1.165, 1.54) is 6.42 Å². The number of piperidine rings is 1. The highest BCUT2D eigenvalue weighted by atomic mass is 16.2. The summed E-state index contributed by atoms with van der Waals surface area (Å²) in [4.78, 5) is 26.8. The third-order valence-electron chi connectivity index (χ3n) is 4.68. The third kappa shape index (κ3) is 4.08. The molecule has 1 saturated heterocycles. The van der Waals surface area contributed by atoms with Crippen LogP contribution in [0.25, 0.3) is 0 Å². The molecule has 2 aromatic rings. The molecule has 3 rings (SSSR count). The normalized spacial score (nSPS) is 14.2. The van der Waals surface area contributed by atoms with E-state index in [9.17, 15) is 9.59 Å². The summed E-state index contributed by atoms with van der Waals surface area (Å²) in [5.41, 5.74) is 4.14. The Kier molecular flexibility index (Phi) is 5.17. The standard InChI is InChI=1S/C21H24N2O2/c1-15-6-7-16(2)19(14-15)22-20(24)17-8-10-18(11-9-17)21(25)23-12-4-3-5-13-23/h6-11,14H,3-5,12-13H2,1-2H3,(H,22,24). The molecule has 130 valence electrons. The maximum Gasteiger partial charge on any atom is 0.255 e. The fraction of sp³-hybridized carbons (Fsp3) is 0.333. The van der Waals surface area contributed by atoms with Gasteiger partial charge in [-0.2, -0.15) is 0 Å². The summed E-state index contributed by atoms with van der Waals surface area (Å²) in [5, 5.41) is 2.95. The van der Waals surface area contributed by atoms with Gasteiger partial charge in [-0.25, -0.2) is 0 Å². The lowest BCUT2D eigenvalue weighted by Gasteiger charge is -2.26. The van der Waals surface area contributed by atoms with Crippen molar-refractivity contribution >= 4 is 17.5 Å². The van der Waals surface area contributed by atoms with Crippen molar-refractivity contribution in [1.29, 1.82) is 0 Å². The predicted molar refractivity (Wildman–Crippen MR) is 100 cm³/mol. The van der Waals surface area contributed by atoms with E-state index in [0.29, 0.717) is 11.1 Å². The Balaban J connectivity index is 1.70. The topological polar surface area (TPSA) is 49.4 Å². The van der Waals surface area contributed by atoms with Crippen LogP contribution in [0.2, 0.25) is 0 Å². The Morgan fingerprint density at radius 1 is 0.880 bits per heavy atom. The first-order chi connectivity index (χ1) is 12.0. The Bertz CT molecular complexity index is 775. The number of anilines is 1. The van der Waals surface area contributed by atoms with Gasteiger partial charge >= 0.3 is 0 Å². The van der Waals surface area contributed by atoms with Crippen molar-refractivity contribution in [2.45, 2.75) is 33.1 Å². The number of carbonyl (C=O) groups excluding carboxylic acids is 2. The molecule has 2 aromatic carbocycles. The van der Waals surface area contributed by atoms with E-state index in [-0.39, 0.29) is 11.8 Å². The molecule has 0 radical (unpaired) electrons. The molecular formula is C21H24N2O2. The zero-order chi connectivity index (χ0) is 17.8. The second-order valence-corrected chi connectivity index (χ2v) is 6.70. The molecule has 0 bridgehead atoms. The zero-order valence-corrected chi connectivity index (χ0v) is 14.8. The van der Waals surface area contributed by atoms with Gasteiger partial charge in [0.15, 0.2) is 0 Å². The molecule has 0 atom stereocenters. The molecule has 0 aromatic heterocycles. The highest BCUT2D eigenvalue weighted by Gasteiger charge is 2.18. The van der Waals surface area contributed by atoms with Gasteiger partial charge in [-0.1, -0.05) is 12.1 Å². The molecule has 1 aliphatic rings. The molecule has 2 amide bonds. The Morgan fingerprint density at radius 2 is 1.52 bits per heavy atom. The first-order valence-corrected chi connectivity index (χ1v) is 8.82. The summed E-state index contributed by atoms with van der Waals surface area (Å²) in [7, 11) is 0. The first-order valence-electron chi connectivity index (χ1n) is 8.82. The van der Waals surface area contributed by atoms with E-state index in [2.05, 4.69) is 5.32 Å². The lowest BCUT2D eigenvalue weighted by atomic mass is 10.1. The highest BCUT2D eigenvalue weighted by molar-refractivity contribution is 6.05.